The van der Waals surface area contributed by atoms with Crippen molar-refractivity contribution in [3.8, 4) is 11.5 Å². The van der Waals surface area contributed by atoms with Crippen LogP contribution in [0.15, 0.2) is 83.8 Å². The van der Waals surface area contributed by atoms with E-state index in [1.165, 1.54) is 4.31 Å². The highest BCUT2D eigenvalue weighted by molar-refractivity contribution is 7.89. The average Bonchev–Trinajstić information content (AvgIpc) is 3.21. The number of hydrogen-bond donors (Lipinski definition) is 0. The summed E-state index contributed by atoms with van der Waals surface area (Å²) >= 11 is 0. The van der Waals surface area contributed by atoms with Gasteiger partial charge in [0.25, 0.3) is 0 Å². The highest BCUT2D eigenvalue weighted by Gasteiger charge is 2.45. The lowest BCUT2D eigenvalue weighted by Gasteiger charge is -2.28. The van der Waals surface area contributed by atoms with E-state index in [2.05, 4.69) is 0 Å². The molecule has 2 aliphatic rings. The topological polar surface area (TPSA) is 65.1 Å². The molecule has 3 aromatic carbocycles. The molecule has 5 rings (SSSR count). The molecule has 30 heavy (non-hydrogen) atoms. The van der Waals surface area contributed by atoms with Gasteiger partial charge in [0.1, 0.15) is 0 Å². The zero-order valence-electron chi connectivity index (χ0n) is 16.2. The van der Waals surface area contributed by atoms with Crippen molar-refractivity contribution in [1.29, 1.82) is 0 Å². The van der Waals surface area contributed by atoms with Gasteiger partial charge in [-0.3, -0.25) is 0 Å². The molecule has 6 nitrogen and oxygen atoms in total. The smallest absolute Gasteiger partial charge is 0.305 e. The largest absolute Gasteiger partial charge is 0.440 e. The van der Waals surface area contributed by atoms with Crippen LogP contribution < -0.4 is 9.47 Å². The molecule has 1 fully saturated rings. The summed E-state index contributed by atoms with van der Waals surface area (Å²) in [6.45, 7) is 1.48. The van der Waals surface area contributed by atoms with Gasteiger partial charge in [-0.05, 0) is 12.1 Å². The molecule has 0 atom stereocenters. The Morgan fingerprint density at radius 2 is 1.30 bits per heavy atom. The minimum absolute atomic E-state index is 0.184. The van der Waals surface area contributed by atoms with Crippen LogP contribution in [0.1, 0.15) is 11.1 Å². The van der Waals surface area contributed by atoms with Crippen LogP contribution >= 0.6 is 0 Å². The molecule has 0 aromatic heterocycles. The minimum Gasteiger partial charge on any atom is -0.440 e. The second-order valence-corrected chi connectivity index (χ2v) is 9.12. The first-order chi connectivity index (χ1) is 14.6. The first-order valence-corrected chi connectivity index (χ1v) is 11.2. The molecule has 3 aromatic rings. The van der Waals surface area contributed by atoms with Gasteiger partial charge in [-0.1, -0.05) is 60.7 Å². The van der Waals surface area contributed by atoms with Crippen molar-refractivity contribution in [2.45, 2.75) is 10.7 Å². The van der Waals surface area contributed by atoms with E-state index in [1.807, 2.05) is 60.7 Å². The van der Waals surface area contributed by atoms with Crippen molar-refractivity contribution < 1.29 is 22.6 Å². The lowest BCUT2D eigenvalue weighted by Crippen LogP contribution is -2.40. The second-order valence-electron chi connectivity index (χ2n) is 7.18. The van der Waals surface area contributed by atoms with Gasteiger partial charge in [0.05, 0.1) is 18.1 Å². The highest BCUT2D eigenvalue weighted by Crippen LogP contribution is 2.48. The molecule has 1 saturated heterocycles. The number of sulfonamides is 1. The molecule has 0 aliphatic carbocycles. The Hall–Kier alpha value is -2.87. The molecule has 0 amide bonds. The molecule has 7 heteroatoms. The fourth-order valence-corrected chi connectivity index (χ4v) is 5.22. The van der Waals surface area contributed by atoms with Gasteiger partial charge in [0.15, 0.2) is 11.5 Å². The standard InChI is InChI=1S/C23H21NO5S/c25-30(26,24-13-15-27-16-14-24)20-11-12-21-22(17-20)29-23(28-21,18-7-3-1-4-8-18)19-9-5-2-6-10-19/h1-12,17H,13-16H2. The zero-order chi connectivity index (χ0) is 20.6. The Balaban J connectivity index is 1.56. The van der Waals surface area contributed by atoms with Crippen LogP contribution in [0, 0.1) is 0 Å². The number of ether oxygens (including phenoxy) is 3. The van der Waals surface area contributed by atoms with Crippen LogP contribution in [0.2, 0.25) is 0 Å². The van der Waals surface area contributed by atoms with Gasteiger partial charge in [0, 0.05) is 30.3 Å². The lowest BCUT2D eigenvalue weighted by molar-refractivity contribution is -0.0459. The van der Waals surface area contributed by atoms with E-state index in [0.29, 0.717) is 37.8 Å². The van der Waals surface area contributed by atoms with Crippen LogP contribution in [0.5, 0.6) is 11.5 Å². The molecule has 2 aliphatic heterocycles. The minimum atomic E-state index is -3.63. The van der Waals surface area contributed by atoms with E-state index in [9.17, 15) is 8.42 Å². The fraction of sp³-hybridized carbons (Fsp3) is 0.217. The molecular weight excluding hydrogens is 402 g/mol. The van der Waals surface area contributed by atoms with Crippen molar-refractivity contribution in [3.05, 3.63) is 90.0 Å². The summed E-state index contributed by atoms with van der Waals surface area (Å²) in [5, 5.41) is 0. The van der Waals surface area contributed by atoms with Crippen molar-refractivity contribution in [3.63, 3.8) is 0 Å². The van der Waals surface area contributed by atoms with Crippen LogP contribution in [-0.4, -0.2) is 39.0 Å². The maximum absolute atomic E-state index is 13.1. The molecule has 0 unspecified atom stereocenters. The monoisotopic (exact) mass is 423 g/mol. The zero-order valence-corrected chi connectivity index (χ0v) is 17.0. The Labute approximate surface area is 175 Å². The number of rotatable bonds is 4. The predicted octanol–water partition coefficient (Wildman–Crippen LogP) is 3.38. The van der Waals surface area contributed by atoms with Gasteiger partial charge in [-0.15, -0.1) is 0 Å². The quantitative estimate of drug-likeness (QED) is 0.644. The van der Waals surface area contributed by atoms with Crippen LogP contribution in [0.25, 0.3) is 0 Å². The van der Waals surface area contributed by atoms with E-state index in [-0.39, 0.29) is 4.90 Å². The maximum atomic E-state index is 13.1. The molecule has 0 saturated carbocycles. The Kier molecular flexibility index (Phi) is 4.73. The molecule has 154 valence electrons. The first kappa shape index (κ1) is 19.1. The second kappa shape index (κ2) is 7.43. The highest BCUT2D eigenvalue weighted by atomic mass is 32.2. The normalized spacial score (nSPS) is 18.3. The number of benzene rings is 3. The van der Waals surface area contributed by atoms with Crippen molar-refractivity contribution in [1.82, 2.24) is 4.31 Å². The molecular formula is C23H21NO5S. The van der Waals surface area contributed by atoms with E-state index in [1.54, 1.807) is 18.2 Å². The summed E-state index contributed by atoms with van der Waals surface area (Å²) in [5.41, 5.74) is 1.65. The summed E-state index contributed by atoms with van der Waals surface area (Å²) in [6.07, 6.45) is 0. The van der Waals surface area contributed by atoms with Gasteiger partial charge in [0.2, 0.25) is 10.0 Å². The van der Waals surface area contributed by atoms with Crippen LogP contribution in [-0.2, 0) is 20.5 Å². The molecule has 0 bridgehead atoms. The van der Waals surface area contributed by atoms with Gasteiger partial charge in [-0.2, -0.15) is 4.31 Å². The molecule has 0 radical (unpaired) electrons. The SMILES string of the molecule is O=S(=O)(c1ccc2c(c1)OC(c1ccccc1)(c1ccccc1)O2)N1CCOCC1. The van der Waals surface area contributed by atoms with Crippen molar-refractivity contribution in [2.75, 3.05) is 26.3 Å². The van der Waals surface area contributed by atoms with E-state index in [0.717, 1.165) is 11.1 Å². The number of morpholine rings is 1. The van der Waals surface area contributed by atoms with Gasteiger partial charge >= 0.3 is 5.79 Å². The molecule has 2 heterocycles. The van der Waals surface area contributed by atoms with Crippen molar-refractivity contribution >= 4 is 10.0 Å². The van der Waals surface area contributed by atoms with Gasteiger partial charge in [-0.25, -0.2) is 8.42 Å². The summed E-state index contributed by atoms with van der Waals surface area (Å²) in [5.74, 6) is -0.271. The summed E-state index contributed by atoms with van der Waals surface area (Å²) in [7, 11) is -3.63. The summed E-state index contributed by atoms with van der Waals surface area (Å²) < 4.78 is 45.5. The van der Waals surface area contributed by atoms with Crippen molar-refractivity contribution in [2.24, 2.45) is 0 Å². The third-order valence-corrected chi connectivity index (χ3v) is 7.23. The third-order valence-electron chi connectivity index (χ3n) is 5.34. The lowest BCUT2D eigenvalue weighted by atomic mass is 9.97. The first-order valence-electron chi connectivity index (χ1n) is 9.81. The molecule has 0 N–H and O–H groups in total. The maximum Gasteiger partial charge on any atom is 0.305 e. The van der Waals surface area contributed by atoms with E-state index < -0.39 is 15.8 Å². The number of nitrogens with zero attached hydrogens (tertiary/aromatic N) is 1. The fourth-order valence-electron chi connectivity index (χ4n) is 3.80. The predicted molar refractivity (Wildman–Crippen MR) is 111 cm³/mol. The average molecular weight is 423 g/mol. The van der Waals surface area contributed by atoms with Crippen LogP contribution in [0.3, 0.4) is 0 Å². The number of hydrogen-bond acceptors (Lipinski definition) is 5. The van der Waals surface area contributed by atoms with Gasteiger partial charge < -0.3 is 14.2 Å². The van der Waals surface area contributed by atoms with E-state index >= 15 is 0 Å². The van der Waals surface area contributed by atoms with Crippen LogP contribution in [0.4, 0.5) is 0 Å². The Bertz CT molecular complexity index is 1100. The number of fused-ring (bicyclic) bond motifs is 1. The third kappa shape index (κ3) is 3.15. The Morgan fingerprint density at radius 1 is 0.733 bits per heavy atom. The Morgan fingerprint density at radius 3 is 1.90 bits per heavy atom. The van der Waals surface area contributed by atoms with E-state index in [4.69, 9.17) is 14.2 Å². The summed E-state index contributed by atoms with van der Waals surface area (Å²) in [4.78, 5) is 0.184. The summed E-state index contributed by atoms with van der Waals surface area (Å²) in [6, 6.07) is 24.1. The molecule has 0 spiro atoms.